The number of hydrogen-bond donors (Lipinski definition) is 0. The highest BCUT2D eigenvalue weighted by Crippen LogP contribution is 2.37. The van der Waals surface area contributed by atoms with Crippen molar-refractivity contribution < 1.29 is 8.78 Å². The molecule has 0 atom stereocenters. The summed E-state index contributed by atoms with van der Waals surface area (Å²) in [7, 11) is 0. The molecule has 1 aromatic rings. The van der Waals surface area contributed by atoms with Gasteiger partial charge in [-0.1, -0.05) is 48.6 Å². The predicted octanol–water partition coefficient (Wildman–Crippen LogP) is 7.71. The van der Waals surface area contributed by atoms with Crippen molar-refractivity contribution in [2.75, 3.05) is 0 Å². The van der Waals surface area contributed by atoms with Crippen LogP contribution in [-0.4, -0.2) is 0 Å². The van der Waals surface area contributed by atoms with Gasteiger partial charge in [-0.25, -0.2) is 8.78 Å². The minimum absolute atomic E-state index is 0.347. The summed E-state index contributed by atoms with van der Waals surface area (Å²) in [4.78, 5) is 0. The summed E-state index contributed by atoms with van der Waals surface area (Å²) >= 11 is 0. The van der Waals surface area contributed by atoms with Crippen molar-refractivity contribution in [2.45, 2.75) is 58.8 Å². The maximum atomic E-state index is 14.3. The Morgan fingerprint density at radius 1 is 1.00 bits per heavy atom. The summed E-state index contributed by atoms with van der Waals surface area (Å²) < 4.78 is 28.2. The van der Waals surface area contributed by atoms with Crippen LogP contribution in [0.25, 0.3) is 5.57 Å². The van der Waals surface area contributed by atoms with Gasteiger partial charge in [-0.05, 0) is 87.3 Å². The molecule has 2 aliphatic rings. The smallest absolute Gasteiger partial charge is 0.166 e. The van der Waals surface area contributed by atoms with Gasteiger partial charge in [-0.3, -0.25) is 0 Å². The summed E-state index contributed by atoms with van der Waals surface area (Å²) in [6.45, 7) is 3.68. The summed E-state index contributed by atoms with van der Waals surface area (Å²) in [5, 5.41) is 0. The quantitative estimate of drug-likeness (QED) is 0.467. The number of aryl methyl sites for hydroxylation is 1. The highest BCUT2D eigenvalue weighted by molar-refractivity contribution is 5.76. The standard InChI is InChI=1S/C25H30F2/c1-3-4-5-7-19-11-13-21(14-12-19)20-8-6-9-22(16-15-20)23-17-10-18(2)24(26)25(23)27/h3-4,8-10,15-17,19,21H,5-7,11-14H2,1-2H3/b4-3+. The van der Waals surface area contributed by atoms with Gasteiger partial charge >= 0.3 is 0 Å². The third-order valence-electron chi connectivity index (χ3n) is 6.03. The van der Waals surface area contributed by atoms with E-state index < -0.39 is 11.6 Å². The van der Waals surface area contributed by atoms with Crippen molar-refractivity contribution in [1.82, 2.24) is 0 Å². The number of rotatable bonds is 5. The number of hydrogen-bond acceptors (Lipinski definition) is 0. The van der Waals surface area contributed by atoms with Crippen LogP contribution in [0.2, 0.25) is 0 Å². The van der Waals surface area contributed by atoms with Crippen LogP contribution in [0.1, 0.15) is 63.0 Å². The Morgan fingerprint density at radius 3 is 2.52 bits per heavy atom. The van der Waals surface area contributed by atoms with E-state index in [4.69, 9.17) is 0 Å². The van der Waals surface area contributed by atoms with Crippen LogP contribution in [0.5, 0.6) is 0 Å². The first-order chi connectivity index (χ1) is 13.1. The van der Waals surface area contributed by atoms with Crippen molar-refractivity contribution in [3.05, 3.63) is 76.9 Å². The second-order valence-electron chi connectivity index (χ2n) is 7.85. The van der Waals surface area contributed by atoms with Crippen molar-refractivity contribution >= 4 is 5.57 Å². The molecule has 0 N–H and O–H groups in total. The molecule has 144 valence electrons. The molecule has 0 heterocycles. The van der Waals surface area contributed by atoms with Crippen LogP contribution < -0.4 is 0 Å². The number of halogens is 2. The Morgan fingerprint density at radius 2 is 1.78 bits per heavy atom. The fraction of sp³-hybridized carbons (Fsp3) is 0.440. The molecule has 0 unspecified atom stereocenters. The Labute approximate surface area is 162 Å². The second-order valence-corrected chi connectivity index (χ2v) is 7.85. The average molecular weight is 369 g/mol. The normalized spacial score (nSPS) is 23.3. The highest BCUT2D eigenvalue weighted by Gasteiger charge is 2.23. The topological polar surface area (TPSA) is 0 Å². The molecule has 1 saturated carbocycles. The van der Waals surface area contributed by atoms with Gasteiger partial charge in [-0.15, -0.1) is 0 Å². The molecule has 27 heavy (non-hydrogen) atoms. The van der Waals surface area contributed by atoms with E-state index in [-0.39, 0.29) is 0 Å². The molecule has 0 saturated heterocycles. The molecule has 1 aromatic carbocycles. The van der Waals surface area contributed by atoms with Gasteiger partial charge < -0.3 is 0 Å². The van der Waals surface area contributed by atoms with Crippen LogP contribution >= 0.6 is 0 Å². The summed E-state index contributed by atoms with van der Waals surface area (Å²) in [5.41, 5.74) is 2.84. The van der Waals surface area contributed by atoms with Crippen LogP contribution in [0.3, 0.4) is 0 Å². The van der Waals surface area contributed by atoms with E-state index in [9.17, 15) is 8.78 Å². The fourth-order valence-corrected chi connectivity index (χ4v) is 4.30. The maximum Gasteiger partial charge on any atom is 0.166 e. The highest BCUT2D eigenvalue weighted by atomic mass is 19.2. The number of benzene rings is 1. The fourth-order valence-electron chi connectivity index (χ4n) is 4.30. The van der Waals surface area contributed by atoms with Gasteiger partial charge in [0, 0.05) is 5.56 Å². The van der Waals surface area contributed by atoms with Crippen LogP contribution in [0, 0.1) is 30.4 Å². The molecular weight excluding hydrogens is 338 g/mol. The molecule has 0 radical (unpaired) electrons. The van der Waals surface area contributed by atoms with Gasteiger partial charge in [0.05, 0.1) is 0 Å². The first-order valence-corrected chi connectivity index (χ1v) is 10.2. The van der Waals surface area contributed by atoms with E-state index in [1.54, 1.807) is 19.1 Å². The maximum absolute atomic E-state index is 14.3. The predicted molar refractivity (Wildman–Crippen MR) is 110 cm³/mol. The average Bonchev–Trinajstić information content (AvgIpc) is 2.93. The van der Waals surface area contributed by atoms with E-state index in [1.165, 1.54) is 44.1 Å². The van der Waals surface area contributed by atoms with Crippen molar-refractivity contribution in [3.63, 3.8) is 0 Å². The number of allylic oxidation sites excluding steroid dienone is 8. The zero-order valence-electron chi connectivity index (χ0n) is 16.5. The summed E-state index contributed by atoms with van der Waals surface area (Å²) in [5.74, 6) is -0.0239. The lowest BCUT2D eigenvalue weighted by atomic mass is 9.76. The summed E-state index contributed by atoms with van der Waals surface area (Å²) in [6, 6.07) is 3.33. The van der Waals surface area contributed by atoms with Gasteiger partial charge in [0.25, 0.3) is 0 Å². The Hall–Kier alpha value is -1.96. The molecule has 0 aliphatic heterocycles. The lowest BCUT2D eigenvalue weighted by molar-refractivity contribution is 0.291. The van der Waals surface area contributed by atoms with Crippen LogP contribution in [0.4, 0.5) is 8.78 Å². The zero-order chi connectivity index (χ0) is 19.2. The molecule has 2 heteroatoms. The van der Waals surface area contributed by atoms with Crippen molar-refractivity contribution in [2.24, 2.45) is 11.8 Å². The second kappa shape index (κ2) is 9.30. The van der Waals surface area contributed by atoms with E-state index in [0.717, 1.165) is 17.9 Å². The molecule has 0 aromatic heterocycles. The van der Waals surface area contributed by atoms with Crippen LogP contribution in [-0.2, 0) is 0 Å². The third kappa shape index (κ3) is 4.86. The van der Waals surface area contributed by atoms with Gasteiger partial charge in [0.2, 0.25) is 0 Å². The van der Waals surface area contributed by atoms with E-state index in [0.29, 0.717) is 17.0 Å². The minimum atomic E-state index is -0.740. The first-order valence-electron chi connectivity index (χ1n) is 10.2. The van der Waals surface area contributed by atoms with Gasteiger partial charge in [0.15, 0.2) is 11.6 Å². The first kappa shape index (κ1) is 19.8. The molecular formula is C25H30F2. The SMILES string of the molecule is C/C=C/CCC1CCC(C2=CCC=C(c3ccc(C)c(F)c3F)C=C2)CC1. The Kier molecular flexibility index (Phi) is 6.82. The van der Waals surface area contributed by atoms with Crippen LogP contribution in [0.15, 0.2) is 54.2 Å². The zero-order valence-corrected chi connectivity index (χ0v) is 16.5. The monoisotopic (exact) mass is 368 g/mol. The van der Waals surface area contributed by atoms with E-state index >= 15 is 0 Å². The Bertz CT molecular complexity index is 772. The lowest BCUT2D eigenvalue weighted by Crippen LogP contribution is -2.15. The molecule has 2 aliphatic carbocycles. The third-order valence-corrected chi connectivity index (χ3v) is 6.03. The molecule has 3 rings (SSSR count). The van der Waals surface area contributed by atoms with E-state index in [1.807, 2.05) is 12.2 Å². The lowest BCUT2D eigenvalue weighted by Gasteiger charge is -2.29. The van der Waals surface area contributed by atoms with Crippen molar-refractivity contribution in [3.8, 4) is 0 Å². The van der Waals surface area contributed by atoms with Crippen molar-refractivity contribution in [1.29, 1.82) is 0 Å². The molecule has 1 fully saturated rings. The molecule has 0 nitrogen and oxygen atoms in total. The Balaban J connectivity index is 1.63. The molecule has 0 bridgehead atoms. The molecule has 0 spiro atoms. The largest absolute Gasteiger partial charge is 0.203 e. The van der Waals surface area contributed by atoms with Gasteiger partial charge in [0.1, 0.15) is 0 Å². The minimum Gasteiger partial charge on any atom is -0.203 e. The molecule has 0 amide bonds. The summed E-state index contributed by atoms with van der Waals surface area (Å²) in [6.07, 6.45) is 21.1. The van der Waals surface area contributed by atoms with E-state index in [2.05, 4.69) is 31.2 Å². The van der Waals surface area contributed by atoms with Gasteiger partial charge in [-0.2, -0.15) is 0 Å².